The molecule has 1 saturated heterocycles. The van der Waals surface area contributed by atoms with Crippen LogP contribution in [0.15, 0.2) is 46.4 Å². The summed E-state index contributed by atoms with van der Waals surface area (Å²) >= 11 is 1.57. The van der Waals surface area contributed by atoms with E-state index in [0.717, 1.165) is 4.88 Å². The van der Waals surface area contributed by atoms with Gasteiger partial charge in [-0.1, -0.05) is 11.2 Å². The molecule has 0 N–H and O–H groups in total. The molecule has 1 aliphatic rings. The number of thiophene rings is 1. The summed E-state index contributed by atoms with van der Waals surface area (Å²) in [5.41, 5.74) is 0.325. The third-order valence-electron chi connectivity index (χ3n) is 4.52. The molecule has 0 atom stereocenters. The number of hydrogen-bond acceptors (Lipinski definition) is 7. The minimum absolute atomic E-state index is 0.0380. The first-order valence-corrected chi connectivity index (χ1v) is 9.91. The maximum atomic E-state index is 12.6. The highest BCUT2D eigenvalue weighted by molar-refractivity contribution is 7.10. The maximum absolute atomic E-state index is 12.6. The van der Waals surface area contributed by atoms with E-state index in [4.69, 9.17) is 0 Å². The number of nitrogens with zero attached hydrogens (tertiary/aromatic N) is 5. The molecule has 4 heterocycles. The zero-order valence-corrected chi connectivity index (χ0v) is 16.4. The van der Waals surface area contributed by atoms with Gasteiger partial charge in [0.2, 0.25) is 11.7 Å². The molecule has 0 spiro atoms. The molecule has 156 valence electrons. The molecule has 0 aliphatic carbocycles. The zero-order chi connectivity index (χ0) is 21.1. The molecule has 3 aromatic heterocycles. The first-order valence-electron chi connectivity index (χ1n) is 9.03. The van der Waals surface area contributed by atoms with Crippen LogP contribution in [0.4, 0.5) is 19.0 Å². The van der Waals surface area contributed by atoms with Crippen LogP contribution in [0.5, 0.6) is 0 Å². The van der Waals surface area contributed by atoms with Crippen molar-refractivity contribution in [2.75, 3.05) is 31.1 Å². The maximum Gasteiger partial charge on any atom is 0.471 e. The minimum atomic E-state index is -4.69. The van der Waals surface area contributed by atoms with E-state index in [1.165, 1.54) is 6.20 Å². The van der Waals surface area contributed by atoms with Gasteiger partial charge in [-0.2, -0.15) is 18.2 Å². The van der Waals surface area contributed by atoms with Crippen LogP contribution < -0.4 is 4.90 Å². The van der Waals surface area contributed by atoms with Crippen LogP contribution in [-0.4, -0.2) is 52.1 Å². The van der Waals surface area contributed by atoms with Crippen LogP contribution in [0.25, 0.3) is 17.5 Å². The lowest BCUT2D eigenvalue weighted by Crippen LogP contribution is -2.48. The fourth-order valence-corrected chi connectivity index (χ4v) is 3.58. The van der Waals surface area contributed by atoms with E-state index in [1.807, 2.05) is 28.5 Å². The van der Waals surface area contributed by atoms with Gasteiger partial charge in [0, 0.05) is 48.9 Å². The number of halogens is 3. The molecular formula is C19H16F3N5O2S. The van der Waals surface area contributed by atoms with Gasteiger partial charge < -0.3 is 14.3 Å². The second-order valence-corrected chi connectivity index (χ2v) is 7.47. The molecular weight excluding hydrogens is 419 g/mol. The van der Waals surface area contributed by atoms with Crippen molar-refractivity contribution in [3.05, 3.63) is 52.7 Å². The summed E-state index contributed by atoms with van der Waals surface area (Å²) in [6, 6.07) is 7.15. The summed E-state index contributed by atoms with van der Waals surface area (Å²) in [5, 5.41) is 5.30. The Kier molecular flexibility index (Phi) is 5.53. The number of aromatic nitrogens is 3. The van der Waals surface area contributed by atoms with Gasteiger partial charge in [-0.3, -0.25) is 4.79 Å². The van der Waals surface area contributed by atoms with Crippen LogP contribution in [0.3, 0.4) is 0 Å². The number of rotatable bonds is 4. The van der Waals surface area contributed by atoms with E-state index >= 15 is 0 Å². The molecule has 0 saturated carbocycles. The van der Waals surface area contributed by atoms with Gasteiger partial charge in [-0.15, -0.1) is 11.3 Å². The van der Waals surface area contributed by atoms with E-state index in [1.54, 1.807) is 34.4 Å². The number of hydrogen-bond donors (Lipinski definition) is 0. The van der Waals surface area contributed by atoms with Crippen molar-refractivity contribution in [3.8, 4) is 11.4 Å². The predicted octanol–water partition coefficient (Wildman–Crippen LogP) is 3.57. The SMILES string of the molecule is O=C(/C=C/c1cccs1)N1CCN(c2ccc(-c3noc(C(F)(F)F)n3)cn2)CC1. The van der Waals surface area contributed by atoms with Crippen molar-refractivity contribution in [3.63, 3.8) is 0 Å². The van der Waals surface area contributed by atoms with Crippen LogP contribution >= 0.6 is 11.3 Å². The molecule has 7 nitrogen and oxygen atoms in total. The van der Waals surface area contributed by atoms with Gasteiger partial charge in [0.25, 0.3) is 0 Å². The topological polar surface area (TPSA) is 75.4 Å². The van der Waals surface area contributed by atoms with Crippen molar-refractivity contribution in [2.24, 2.45) is 0 Å². The molecule has 1 fully saturated rings. The van der Waals surface area contributed by atoms with Crippen LogP contribution in [0.2, 0.25) is 0 Å². The largest absolute Gasteiger partial charge is 0.471 e. The number of pyridine rings is 1. The Bertz CT molecular complexity index is 1020. The number of amides is 1. The Balaban J connectivity index is 1.35. The minimum Gasteiger partial charge on any atom is -0.353 e. The lowest BCUT2D eigenvalue weighted by Gasteiger charge is -2.35. The molecule has 0 aromatic carbocycles. The van der Waals surface area contributed by atoms with Crippen LogP contribution in [0, 0.1) is 0 Å². The molecule has 1 amide bonds. The average molecular weight is 435 g/mol. The van der Waals surface area contributed by atoms with Gasteiger partial charge in [-0.25, -0.2) is 4.98 Å². The molecule has 0 unspecified atom stereocenters. The fourth-order valence-electron chi connectivity index (χ4n) is 2.96. The molecule has 3 aromatic rings. The van der Waals surface area contributed by atoms with Crippen LogP contribution in [-0.2, 0) is 11.0 Å². The Morgan fingerprint density at radius 1 is 1.17 bits per heavy atom. The smallest absolute Gasteiger partial charge is 0.353 e. The van der Waals surface area contributed by atoms with E-state index < -0.39 is 12.1 Å². The normalized spacial score (nSPS) is 15.2. The number of piperazine rings is 1. The Morgan fingerprint density at radius 2 is 1.97 bits per heavy atom. The zero-order valence-electron chi connectivity index (χ0n) is 15.5. The quantitative estimate of drug-likeness (QED) is 0.584. The van der Waals surface area contributed by atoms with Crippen molar-refractivity contribution in [2.45, 2.75) is 6.18 Å². The summed E-state index contributed by atoms with van der Waals surface area (Å²) in [6.45, 7) is 2.31. The lowest BCUT2D eigenvalue weighted by molar-refractivity contribution is -0.159. The van der Waals surface area contributed by atoms with Gasteiger partial charge >= 0.3 is 12.1 Å². The number of alkyl halides is 3. The van der Waals surface area contributed by atoms with Gasteiger partial charge in [0.05, 0.1) is 0 Å². The lowest BCUT2D eigenvalue weighted by atomic mass is 10.2. The number of anilines is 1. The van der Waals surface area contributed by atoms with Crippen LogP contribution in [0.1, 0.15) is 10.8 Å². The van der Waals surface area contributed by atoms with Crippen molar-refractivity contribution < 1.29 is 22.5 Å². The Morgan fingerprint density at radius 3 is 2.57 bits per heavy atom. The van der Waals surface area contributed by atoms with E-state index in [2.05, 4.69) is 19.6 Å². The van der Waals surface area contributed by atoms with E-state index in [9.17, 15) is 18.0 Å². The number of carbonyl (C=O) groups is 1. The van der Waals surface area contributed by atoms with Crippen molar-refractivity contribution in [1.82, 2.24) is 20.0 Å². The fraction of sp³-hybridized carbons (Fsp3) is 0.263. The molecule has 0 bridgehead atoms. The summed E-state index contributed by atoms with van der Waals surface area (Å²) in [7, 11) is 0. The number of carbonyl (C=O) groups excluding carboxylic acids is 1. The standard InChI is InChI=1S/C19H16F3N5O2S/c20-19(21,22)18-24-17(25-29-18)13-3-5-15(23-12-13)26-7-9-27(10-8-26)16(28)6-4-14-2-1-11-30-14/h1-6,11-12H,7-10H2/b6-4+. The Hall–Kier alpha value is -3.21. The van der Waals surface area contributed by atoms with E-state index in [-0.39, 0.29) is 11.7 Å². The monoisotopic (exact) mass is 435 g/mol. The average Bonchev–Trinajstić information content (AvgIpc) is 3.44. The highest BCUT2D eigenvalue weighted by atomic mass is 32.1. The van der Waals surface area contributed by atoms with Gasteiger partial charge in [0.15, 0.2) is 0 Å². The summed E-state index contributed by atoms with van der Waals surface area (Å²) in [6.07, 6.45) is 0.104. The first kappa shape index (κ1) is 20.1. The molecule has 30 heavy (non-hydrogen) atoms. The van der Waals surface area contributed by atoms with Crippen molar-refractivity contribution >= 4 is 29.1 Å². The van der Waals surface area contributed by atoms with Crippen molar-refractivity contribution in [1.29, 1.82) is 0 Å². The second-order valence-electron chi connectivity index (χ2n) is 6.49. The third-order valence-corrected chi connectivity index (χ3v) is 5.36. The van der Waals surface area contributed by atoms with Gasteiger partial charge in [0.1, 0.15) is 5.82 Å². The second kappa shape index (κ2) is 8.27. The molecule has 1 aliphatic heterocycles. The van der Waals surface area contributed by atoms with Gasteiger partial charge in [-0.05, 0) is 29.7 Å². The highest BCUT2D eigenvalue weighted by Gasteiger charge is 2.38. The molecule has 0 radical (unpaired) electrons. The third kappa shape index (κ3) is 4.51. The summed E-state index contributed by atoms with van der Waals surface area (Å²) < 4.78 is 42.0. The predicted molar refractivity (Wildman–Crippen MR) is 105 cm³/mol. The molecule has 4 rings (SSSR count). The summed E-state index contributed by atoms with van der Waals surface area (Å²) in [5.74, 6) is -0.937. The summed E-state index contributed by atoms with van der Waals surface area (Å²) in [4.78, 5) is 24.8. The first-order chi connectivity index (χ1) is 14.4. The molecule has 11 heteroatoms. The van der Waals surface area contributed by atoms with E-state index in [0.29, 0.717) is 37.6 Å². The Labute approximate surface area is 173 Å². The highest BCUT2D eigenvalue weighted by Crippen LogP contribution is 2.29.